The molecule has 1 aliphatic carbocycles. The molecule has 0 bridgehead atoms. The van der Waals surface area contributed by atoms with Gasteiger partial charge in [-0.1, -0.05) is 25.3 Å². The van der Waals surface area contributed by atoms with Crippen LogP contribution in [0.5, 0.6) is 0 Å². The lowest BCUT2D eigenvalue weighted by Gasteiger charge is -2.22. The van der Waals surface area contributed by atoms with E-state index in [4.69, 9.17) is 0 Å². The molecule has 1 aromatic rings. The molecule has 2 rings (SSSR count). The van der Waals surface area contributed by atoms with Crippen molar-refractivity contribution in [2.45, 2.75) is 38.1 Å². The number of rotatable bonds is 2. The van der Waals surface area contributed by atoms with Crippen LogP contribution in [-0.4, -0.2) is 22.8 Å². The maximum Gasteiger partial charge on any atom is 0.314 e. The van der Waals surface area contributed by atoms with E-state index in [-0.39, 0.29) is 6.04 Å². The SMILES string of the molecule is O=C(Nc1ccccn1)C(=O)NC1CCCCC1. The van der Waals surface area contributed by atoms with Crippen LogP contribution in [0, 0.1) is 0 Å². The summed E-state index contributed by atoms with van der Waals surface area (Å²) in [6.45, 7) is 0. The van der Waals surface area contributed by atoms with Crippen LogP contribution in [0.3, 0.4) is 0 Å². The van der Waals surface area contributed by atoms with Gasteiger partial charge >= 0.3 is 11.8 Å². The number of pyridine rings is 1. The van der Waals surface area contributed by atoms with E-state index in [1.807, 2.05) is 0 Å². The molecule has 1 fully saturated rings. The van der Waals surface area contributed by atoms with E-state index in [1.54, 1.807) is 24.4 Å². The Morgan fingerprint density at radius 2 is 1.89 bits per heavy atom. The third-order valence-electron chi connectivity index (χ3n) is 3.05. The molecule has 0 unspecified atom stereocenters. The fourth-order valence-corrected chi connectivity index (χ4v) is 2.11. The largest absolute Gasteiger partial charge is 0.345 e. The zero-order chi connectivity index (χ0) is 12.8. The zero-order valence-corrected chi connectivity index (χ0v) is 10.2. The predicted molar refractivity (Wildman–Crippen MR) is 67.9 cm³/mol. The highest BCUT2D eigenvalue weighted by Crippen LogP contribution is 2.17. The van der Waals surface area contributed by atoms with Crippen LogP contribution in [0.25, 0.3) is 0 Å². The van der Waals surface area contributed by atoms with Crippen molar-refractivity contribution >= 4 is 17.6 Å². The second-order valence-corrected chi connectivity index (χ2v) is 4.48. The van der Waals surface area contributed by atoms with E-state index in [9.17, 15) is 9.59 Å². The lowest BCUT2D eigenvalue weighted by molar-refractivity contribution is -0.136. The number of hydrogen-bond donors (Lipinski definition) is 2. The summed E-state index contributed by atoms with van der Waals surface area (Å²) in [5.41, 5.74) is 0. The van der Waals surface area contributed by atoms with E-state index in [0.29, 0.717) is 5.82 Å². The number of carbonyl (C=O) groups excluding carboxylic acids is 2. The molecule has 0 atom stereocenters. The Hall–Kier alpha value is -1.91. The van der Waals surface area contributed by atoms with Gasteiger partial charge in [0.15, 0.2) is 0 Å². The molecule has 1 aromatic heterocycles. The summed E-state index contributed by atoms with van der Waals surface area (Å²) in [7, 11) is 0. The van der Waals surface area contributed by atoms with Crippen LogP contribution < -0.4 is 10.6 Å². The maximum atomic E-state index is 11.7. The zero-order valence-electron chi connectivity index (χ0n) is 10.2. The monoisotopic (exact) mass is 247 g/mol. The normalized spacial score (nSPS) is 16.0. The van der Waals surface area contributed by atoms with Crippen LogP contribution in [0.15, 0.2) is 24.4 Å². The summed E-state index contributed by atoms with van der Waals surface area (Å²) in [5, 5.41) is 5.23. The highest BCUT2D eigenvalue weighted by Gasteiger charge is 2.20. The van der Waals surface area contributed by atoms with Crippen molar-refractivity contribution < 1.29 is 9.59 Å². The van der Waals surface area contributed by atoms with Crippen LogP contribution in [-0.2, 0) is 9.59 Å². The van der Waals surface area contributed by atoms with E-state index in [2.05, 4.69) is 15.6 Å². The van der Waals surface area contributed by atoms with Crippen LogP contribution >= 0.6 is 0 Å². The Morgan fingerprint density at radius 3 is 2.56 bits per heavy atom. The fourth-order valence-electron chi connectivity index (χ4n) is 2.11. The van der Waals surface area contributed by atoms with Gasteiger partial charge in [-0.05, 0) is 25.0 Å². The lowest BCUT2D eigenvalue weighted by atomic mass is 9.95. The van der Waals surface area contributed by atoms with E-state index < -0.39 is 11.8 Å². The number of amides is 2. The summed E-state index contributed by atoms with van der Waals surface area (Å²) in [6, 6.07) is 5.28. The first-order chi connectivity index (χ1) is 8.75. The van der Waals surface area contributed by atoms with Crippen molar-refractivity contribution in [1.29, 1.82) is 0 Å². The lowest BCUT2D eigenvalue weighted by Crippen LogP contribution is -2.42. The molecule has 0 aliphatic heterocycles. The standard InChI is InChI=1S/C13H17N3O2/c17-12(15-10-6-2-1-3-7-10)13(18)16-11-8-4-5-9-14-11/h4-5,8-10H,1-3,6-7H2,(H,15,17)(H,14,16,18). The molecule has 1 saturated carbocycles. The quantitative estimate of drug-likeness (QED) is 0.777. The molecule has 2 N–H and O–H groups in total. The Balaban J connectivity index is 1.83. The number of aromatic nitrogens is 1. The number of carbonyl (C=O) groups is 2. The number of nitrogens with zero attached hydrogens (tertiary/aromatic N) is 1. The van der Waals surface area contributed by atoms with Gasteiger partial charge in [0.1, 0.15) is 5.82 Å². The van der Waals surface area contributed by atoms with Crippen LogP contribution in [0.4, 0.5) is 5.82 Å². The third kappa shape index (κ3) is 3.55. The van der Waals surface area contributed by atoms with Gasteiger partial charge in [0.2, 0.25) is 0 Å². The number of nitrogens with one attached hydrogen (secondary N) is 2. The highest BCUT2D eigenvalue weighted by molar-refractivity contribution is 6.39. The minimum atomic E-state index is -0.653. The summed E-state index contributed by atoms with van der Waals surface area (Å²) < 4.78 is 0. The number of anilines is 1. The predicted octanol–water partition coefficient (Wildman–Crippen LogP) is 1.47. The minimum absolute atomic E-state index is 0.140. The van der Waals surface area contributed by atoms with Crippen LogP contribution in [0.1, 0.15) is 32.1 Å². The first-order valence-electron chi connectivity index (χ1n) is 6.28. The highest BCUT2D eigenvalue weighted by atomic mass is 16.2. The van der Waals surface area contributed by atoms with Crippen molar-refractivity contribution in [2.75, 3.05) is 5.32 Å². The molecular formula is C13H17N3O2. The van der Waals surface area contributed by atoms with E-state index in [1.165, 1.54) is 6.42 Å². The first kappa shape index (κ1) is 12.5. The van der Waals surface area contributed by atoms with Gasteiger partial charge in [0.25, 0.3) is 0 Å². The van der Waals surface area contributed by atoms with Gasteiger partial charge in [0, 0.05) is 12.2 Å². The van der Waals surface area contributed by atoms with E-state index in [0.717, 1.165) is 25.7 Å². The van der Waals surface area contributed by atoms with Gasteiger partial charge in [0.05, 0.1) is 0 Å². The topological polar surface area (TPSA) is 71.1 Å². The Bertz CT molecular complexity index is 414. The maximum absolute atomic E-state index is 11.7. The Labute approximate surface area is 106 Å². The smallest absolute Gasteiger partial charge is 0.314 e. The number of hydrogen-bond acceptors (Lipinski definition) is 3. The molecule has 0 aromatic carbocycles. The summed E-state index contributed by atoms with van der Waals surface area (Å²) in [4.78, 5) is 27.2. The second-order valence-electron chi connectivity index (χ2n) is 4.48. The van der Waals surface area contributed by atoms with Crippen molar-refractivity contribution in [3.05, 3.63) is 24.4 Å². The van der Waals surface area contributed by atoms with E-state index >= 15 is 0 Å². The van der Waals surface area contributed by atoms with Gasteiger partial charge < -0.3 is 10.6 Å². The Morgan fingerprint density at radius 1 is 1.11 bits per heavy atom. The molecule has 0 radical (unpaired) electrons. The van der Waals surface area contributed by atoms with Gasteiger partial charge in [-0.3, -0.25) is 9.59 Å². The minimum Gasteiger partial charge on any atom is -0.345 e. The summed E-state index contributed by atoms with van der Waals surface area (Å²) in [6.07, 6.45) is 6.94. The van der Waals surface area contributed by atoms with Crippen LogP contribution in [0.2, 0.25) is 0 Å². The van der Waals surface area contributed by atoms with Crippen molar-refractivity contribution in [2.24, 2.45) is 0 Å². The molecule has 5 heteroatoms. The molecule has 96 valence electrons. The molecule has 2 amide bonds. The van der Waals surface area contributed by atoms with Crippen molar-refractivity contribution in [3.63, 3.8) is 0 Å². The van der Waals surface area contributed by atoms with Crippen molar-refractivity contribution in [1.82, 2.24) is 10.3 Å². The molecular weight excluding hydrogens is 230 g/mol. The third-order valence-corrected chi connectivity index (χ3v) is 3.05. The molecule has 0 spiro atoms. The molecule has 18 heavy (non-hydrogen) atoms. The van der Waals surface area contributed by atoms with Crippen molar-refractivity contribution in [3.8, 4) is 0 Å². The molecule has 5 nitrogen and oxygen atoms in total. The second kappa shape index (κ2) is 6.14. The summed E-state index contributed by atoms with van der Waals surface area (Å²) >= 11 is 0. The molecule has 1 heterocycles. The van der Waals surface area contributed by atoms with Gasteiger partial charge in [-0.25, -0.2) is 4.98 Å². The summed E-state index contributed by atoms with van der Waals surface area (Å²) in [5.74, 6) is -0.840. The van der Waals surface area contributed by atoms with Gasteiger partial charge in [-0.15, -0.1) is 0 Å². The average molecular weight is 247 g/mol. The fraction of sp³-hybridized carbons (Fsp3) is 0.462. The Kier molecular flexibility index (Phi) is 4.28. The van der Waals surface area contributed by atoms with Gasteiger partial charge in [-0.2, -0.15) is 0 Å². The first-order valence-corrected chi connectivity index (χ1v) is 6.28. The molecule has 0 saturated heterocycles. The molecule has 1 aliphatic rings. The average Bonchev–Trinajstić information content (AvgIpc) is 2.41.